The summed E-state index contributed by atoms with van der Waals surface area (Å²) in [5, 5.41) is 8.73. The molecule has 0 aromatic heterocycles. The van der Waals surface area contributed by atoms with Crippen molar-refractivity contribution in [2.45, 2.75) is 63.7 Å². The molecule has 26 heavy (non-hydrogen) atoms. The molecule has 0 unspecified atom stereocenters. The molecule has 0 bridgehead atoms. The number of rotatable bonds is 6. The van der Waals surface area contributed by atoms with Crippen LogP contribution < -0.4 is 4.74 Å². The van der Waals surface area contributed by atoms with Crippen molar-refractivity contribution in [1.29, 1.82) is 0 Å². The van der Waals surface area contributed by atoms with Crippen LogP contribution in [-0.2, 0) is 4.79 Å². The van der Waals surface area contributed by atoms with E-state index in [9.17, 15) is 4.79 Å². The standard InChI is InChI=1S/C23H32O3/c1-26-22-15-13-21(14-16-22)20-11-9-19(10-12-20)18-7-5-17(6-8-18)3-2-4-23(24)25/h2-3,13-20H,4-12H2,1H3,(H,24,25)/t17-,18-,19-,20-. The number of carboxylic acids is 1. The van der Waals surface area contributed by atoms with Gasteiger partial charge >= 0.3 is 5.97 Å². The largest absolute Gasteiger partial charge is 0.497 e. The van der Waals surface area contributed by atoms with Crippen molar-refractivity contribution in [3.63, 3.8) is 0 Å². The molecule has 1 aromatic rings. The van der Waals surface area contributed by atoms with Gasteiger partial charge in [-0.05, 0) is 92.7 Å². The van der Waals surface area contributed by atoms with Crippen LogP contribution in [0.25, 0.3) is 0 Å². The maximum Gasteiger partial charge on any atom is 0.307 e. The number of carbonyl (C=O) groups is 1. The summed E-state index contributed by atoms with van der Waals surface area (Å²) < 4.78 is 5.26. The van der Waals surface area contributed by atoms with E-state index in [1.165, 1.54) is 56.9 Å². The quantitative estimate of drug-likeness (QED) is 0.655. The van der Waals surface area contributed by atoms with Crippen LogP contribution >= 0.6 is 0 Å². The van der Waals surface area contributed by atoms with Gasteiger partial charge < -0.3 is 9.84 Å². The predicted molar refractivity (Wildman–Crippen MR) is 105 cm³/mol. The number of benzene rings is 1. The summed E-state index contributed by atoms with van der Waals surface area (Å²) in [6.07, 6.45) is 14.6. The van der Waals surface area contributed by atoms with Gasteiger partial charge in [0.1, 0.15) is 5.75 Å². The zero-order valence-corrected chi connectivity index (χ0v) is 15.9. The average Bonchev–Trinajstić information content (AvgIpc) is 2.68. The van der Waals surface area contributed by atoms with Crippen LogP contribution in [0.1, 0.15) is 69.3 Å². The first-order chi connectivity index (χ1) is 12.7. The molecule has 0 amide bonds. The molecule has 3 rings (SSSR count). The van der Waals surface area contributed by atoms with Crippen LogP contribution in [0.4, 0.5) is 0 Å². The van der Waals surface area contributed by atoms with E-state index < -0.39 is 5.97 Å². The topological polar surface area (TPSA) is 46.5 Å². The summed E-state index contributed by atoms with van der Waals surface area (Å²) in [5.41, 5.74) is 1.47. The Morgan fingerprint density at radius 2 is 1.58 bits per heavy atom. The summed E-state index contributed by atoms with van der Waals surface area (Å²) in [6, 6.07) is 8.64. The molecule has 0 spiro atoms. The van der Waals surface area contributed by atoms with Crippen LogP contribution in [0.2, 0.25) is 0 Å². The van der Waals surface area contributed by atoms with Crippen LogP contribution in [0.15, 0.2) is 36.4 Å². The predicted octanol–water partition coefficient (Wildman–Crippen LogP) is 5.81. The highest BCUT2D eigenvalue weighted by molar-refractivity contribution is 5.68. The molecule has 0 aliphatic heterocycles. The van der Waals surface area contributed by atoms with Gasteiger partial charge in [0.15, 0.2) is 0 Å². The maximum atomic E-state index is 10.6. The number of aliphatic carboxylic acids is 1. The van der Waals surface area contributed by atoms with E-state index in [-0.39, 0.29) is 6.42 Å². The molecule has 3 nitrogen and oxygen atoms in total. The van der Waals surface area contributed by atoms with Crippen molar-refractivity contribution in [2.24, 2.45) is 17.8 Å². The minimum absolute atomic E-state index is 0.162. The van der Waals surface area contributed by atoms with E-state index in [2.05, 4.69) is 30.3 Å². The average molecular weight is 357 g/mol. The number of allylic oxidation sites excluding steroid dienone is 1. The fraction of sp³-hybridized carbons (Fsp3) is 0.609. The smallest absolute Gasteiger partial charge is 0.307 e. The van der Waals surface area contributed by atoms with Crippen LogP contribution in [-0.4, -0.2) is 18.2 Å². The fourth-order valence-electron chi connectivity index (χ4n) is 4.97. The van der Waals surface area contributed by atoms with Crippen molar-refractivity contribution >= 4 is 5.97 Å². The number of ether oxygens (including phenoxy) is 1. The molecule has 0 heterocycles. The molecule has 3 heteroatoms. The van der Waals surface area contributed by atoms with Gasteiger partial charge in [-0.2, -0.15) is 0 Å². The Morgan fingerprint density at radius 1 is 1.00 bits per heavy atom. The summed E-state index contributed by atoms with van der Waals surface area (Å²) >= 11 is 0. The highest BCUT2D eigenvalue weighted by atomic mass is 16.5. The van der Waals surface area contributed by atoms with E-state index in [0.717, 1.165) is 17.6 Å². The molecule has 0 atom stereocenters. The van der Waals surface area contributed by atoms with E-state index >= 15 is 0 Å². The van der Waals surface area contributed by atoms with Crippen LogP contribution in [0, 0.1) is 17.8 Å². The molecule has 0 radical (unpaired) electrons. The highest BCUT2D eigenvalue weighted by Crippen LogP contribution is 2.44. The summed E-state index contributed by atoms with van der Waals surface area (Å²) in [5.74, 6) is 3.30. The third-order valence-corrected chi connectivity index (χ3v) is 6.54. The van der Waals surface area contributed by atoms with Gasteiger partial charge in [-0.1, -0.05) is 24.3 Å². The van der Waals surface area contributed by atoms with Crippen molar-refractivity contribution in [2.75, 3.05) is 7.11 Å². The molecule has 2 saturated carbocycles. The fourth-order valence-corrected chi connectivity index (χ4v) is 4.97. The lowest BCUT2D eigenvalue weighted by atomic mass is 9.68. The van der Waals surface area contributed by atoms with E-state index in [0.29, 0.717) is 11.8 Å². The first kappa shape index (κ1) is 19.0. The molecule has 0 saturated heterocycles. The lowest BCUT2D eigenvalue weighted by Crippen LogP contribution is -2.25. The Labute approximate surface area is 157 Å². The summed E-state index contributed by atoms with van der Waals surface area (Å²) in [6.45, 7) is 0. The molecule has 2 fully saturated rings. The SMILES string of the molecule is COc1ccc([C@H]2CC[C@H]([C@H]3CC[C@H](C=CCC(=O)O)CC3)CC2)cc1. The van der Waals surface area contributed by atoms with Crippen molar-refractivity contribution in [3.8, 4) is 5.75 Å². The minimum atomic E-state index is -0.733. The zero-order valence-electron chi connectivity index (χ0n) is 15.9. The van der Waals surface area contributed by atoms with Crippen molar-refractivity contribution in [1.82, 2.24) is 0 Å². The second-order valence-electron chi connectivity index (χ2n) is 8.09. The molecule has 2 aliphatic carbocycles. The Bertz CT molecular complexity index is 588. The zero-order chi connectivity index (χ0) is 18.4. The molecule has 142 valence electrons. The Morgan fingerprint density at radius 3 is 2.12 bits per heavy atom. The van der Waals surface area contributed by atoms with Crippen LogP contribution in [0.3, 0.4) is 0 Å². The van der Waals surface area contributed by atoms with Gasteiger partial charge in [0.05, 0.1) is 13.5 Å². The molecule has 1 N–H and O–H groups in total. The highest BCUT2D eigenvalue weighted by Gasteiger charge is 2.30. The minimum Gasteiger partial charge on any atom is -0.497 e. The molecule has 1 aromatic carbocycles. The van der Waals surface area contributed by atoms with Gasteiger partial charge in [-0.25, -0.2) is 0 Å². The van der Waals surface area contributed by atoms with E-state index in [4.69, 9.17) is 9.84 Å². The monoisotopic (exact) mass is 356 g/mol. The van der Waals surface area contributed by atoms with Gasteiger partial charge in [0.2, 0.25) is 0 Å². The number of carboxylic acid groups (broad SMARTS) is 1. The second kappa shape index (κ2) is 9.25. The van der Waals surface area contributed by atoms with Crippen molar-refractivity contribution in [3.05, 3.63) is 42.0 Å². The molecule has 2 aliphatic rings. The van der Waals surface area contributed by atoms with Gasteiger partial charge in [-0.15, -0.1) is 0 Å². The Kier molecular flexibility index (Phi) is 6.76. The van der Waals surface area contributed by atoms with E-state index in [1.54, 1.807) is 7.11 Å². The van der Waals surface area contributed by atoms with Crippen molar-refractivity contribution < 1.29 is 14.6 Å². The number of methoxy groups -OCH3 is 1. The molecular weight excluding hydrogens is 324 g/mol. The summed E-state index contributed by atoms with van der Waals surface area (Å²) in [4.78, 5) is 10.6. The first-order valence-corrected chi connectivity index (χ1v) is 10.2. The second-order valence-corrected chi connectivity index (χ2v) is 8.09. The lowest BCUT2D eigenvalue weighted by Gasteiger charge is -2.37. The number of hydrogen-bond donors (Lipinski definition) is 1. The third kappa shape index (κ3) is 5.12. The van der Waals surface area contributed by atoms with Gasteiger partial charge in [0.25, 0.3) is 0 Å². The maximum absolute atomic E-state index is 10.6. The van der Waals surface area contributed by atoms with Crippen LogP contribution in [0.5, 0.6) is 5.75 Å². The normalized spacial score (nSPS) is 29.6. The summed E-state index contributed by atoms with van der Waals surface area (Å²) in [7, 11) is 1.72. The Hall–Kier alpha value is -1.77. The lowest BCUT2D eigenvalue weighted by molar-refractivity contribution is -0.136. The Balaban J connectivity index is 1.42. The molecular formula is C23H32O3. The van der Waals surface area contributed by atoms with Gasteiger partial charge in [-0.3, -0.25) is 4.79 Å². The van der Waals surface area contributed by atoms with E-state index in [1.807, 2.05) is 6.08 Å². The third-order valence-electron chi connectivity index (χ3n) is 6.54. The van der Waals surface area contributed by atoms with Gasteiger partial charge in [0, 0.05) is 0 Å². The number of hydrogen-bond acceptors (Lipinski definition) is 2. The first-order valence-electron chi connectivity index (χ1n) is 10.2.